The second-order valence-electron chi connectivity index (χ2n) is 4.96. The lowest BCUT2D eigenvalue weighted by Gasteiger charge is -2.20. The van der Waals surface area contributed by atoms with Crippen LogP contribution in [0.3, 0.4) is 0 Å². The number of aliphatic hydroxyl groups is 1. The monoisotopic (exact) mass is 296 g/mol. The molecule has 0 radical (unpaired) electrons. The fourth-order valence-corrected chi connectivity index (χ4v) is 1.99. The van der Waals surface area contributed by atoms with Crippen molar-refractivity contribution in [3.8, 4) is 5.75 Å². The van der Waals surface area contributed by atoms with Crippen molar-refractivity contribution in [2.75, 3.05) is 31.7 Å². The molecular formula is C15H24N2O4. The van der Waals surface area contributed by atoms with Crippen LogP contribution in [0.1, 0.15) is 32.6 Å². The van der Waals surface area contributed by atoms with Crippen LogP contribution in [0.5, 0.6) is 5.75 Å². The van der Waals surface area contributed by atoms with Crippen LogP contribution >= 0.6 is 0 Å². The lowest BCUT2D eigenvalue weighted by Crippen LogP contribution is -2.18. The number of hydrogen-bond donors (Lipinski definition) is 1. The van der Waals surface area contributed by atoms with Crippen molar-refractivity contribution in [1.29, 1.82) is 0 Å². The lowest BCUT2D eigenvalue weighted by molar-refractivity contribution is -0.385. The zero-order chi connectivity index (χ0) is 15.7. The molecule has 1 aromatic carbocycles. The third-order valence-electron chi connectivity index (χ3n) is 3.19. The molecule has 0 aliphatic carbocycles. The number of anilines is 1. The first-order chi connectivity index (χ1) is 10.1. The Bertz CT molecular complexity index is 451. The van der Waals surface area contributed by atoms with Gasteiger partial charge in [-0.1, -0.05) is 6.92 Å². The molecule has 1 rings (SSSR count). The molecule has 0 aliphatic rings. The van der Waals surface area contributed by atoms with E-state index in [1.54, 1.807) is 12.1 Å². The van der Waals surface area contributed by atoms with Crippen LogP contribution in [0.2, 0.25) is 0 Å². The number of ether oxygens (including phenoxy) is 1. The zero-order valence-corrected chi connectivity index (χ0v) is 12.7. The molecule has 6 nitrogen and oxygen atoms in total. The van der Waals surface area contributed by atoms with Crippen molar-refractivity contribution >= 4 is 11.4 Å². The number of nitro groups is 1. The lowest BCUT2D eigenvalue weighted by atomic mass is 10.2. The second kappa shape index (κ2) is 9.18. The molecule has 6 heteroatoms. The summed E-state index contributed by atoms with van der Waals surface area (Å²) in [5.74, 6) is 0.321. The largest absolute Gasteiger partial charge is 0.487 e. The van der Waals surface area contributed by atoms with Crippen molar-refractivity contribution < 1.29 is 14.8 Å². The number of nitrogens with zero attached hydrogens (tertiary/aromatic N) is 2. The molecule has 0 saturated carbocycles. The summed E-state index contributed by atoms with van der Waals surface area (Å²) in [4.78, 5) is 12.6. The summed E-state index contributed by atoms with van der Waals surface area (Å²) in [6, 6.07) is 4.95. The maximum absolute atomic E-state index is 11.0. The minimum Gasteiger partial charge on any atom is -0.487 e. The molecule has 0 fully saturated rings. The third kappa shape index (κ3) is 5.59. The second-order valence-corrected chi connectivity index (χ2v) is 4.96. The highest BCUT2D eigenvalue weighted by Gasteiger charge is 2.16. The van der Waals surface area contributed by atoms with Crippen LogP contribution in [-0.4, -0.2) is 36.8 Å². The standard InChI is InChI=1S/C15H24N2O4/c1-3-11-21-15-12-13(7-8-14(15)17(19)20)16(2)9-5-4-6-10-18/h7-8,12,18H,3-6,9-11H2,1-2H3. The van der Waals surface area contributed by atoms with Crippen molar-refractivity contribution in [2.24, 2.45) is 0 Å². The first-order valence-electron chi connectivity index (χ1n) is 7.33. The molecule has 0 amide bonds. The summed E-state index contributed by atoms with van der Waals surface area (Å²) >= 11 is 0. The number of aliphatic hydroxyl groups excluding tert-OH is 1. The molecule has 0 aromatic heterocycles. The molecule has 0 bridgehead atoms. The van der Waals surface area contributed by atoms with Gasteiger partial charge in [-0.05, 0) is 31.7 Å². The van der Waals surface area contributed by atoms with Crippen molar-refractivity contribution in [3.05, 3.63) is 28.3 Å². The zero-order valence-electron chi connectivity index (χ0n) is 12.7. The Morgan fingerprint density at radius 3 is 2.71 bits per heavy atom. The van der Waals surface area contributed by atoms with E-state index in [0.717, 1.165) is 37.9 Å². The Labute approximate surface area is 125 Å². The van der Waals surface area contributed by atoms with E-state index < -0.39 is 4.92 Å². The van der Waals surface area contributed by atoms with Gasteiger partial charge >= 0.3 is 5.69 Å². The van der Waals surface area contributed by atoms with Crippen LogP contribution in [0.15, 0.2) is 18.2 Å². The number of benzene rings is 1. The minimum absolute atomic E-state index is 0.000815. The first-order valence-corrected chi connectivity index (χ1v) is 7.33. The van der Waals surface area contributed by atoms with E-state index in [-0.39, 0.29) is 12.3 Å². The van der Waals surface area contributed by atoms with Gasteiger partial charge < -0.3 is 14.7 Å². The Morgan fingerprint density at radius 1 is 1.33 bits per heavy atom. The summed E-state index contributed by atoms with van der Waals surface area (Å²) in [7, 11) is 1.95. The van der Waals surface area contributed by atoms with E-state index >= 15 is 0 Å². The molecule has 0 atom stereocenters. The van der Waals surface area contributed by atoms with Gasteiger partial charge in [0.05, 0.1) is 11.5 Å². The van der Waals surface area contributed by atoms with Gasteiger partial charge in [-0.2, -0.15) is 0 Å². The minimum atomic E-state index is -0.421. The number of hydrogen-bond acceptors (Lipinski definition) is 5. The highest BCUT2D eigenvalue weighted by atomic mass is 16.6. The quantitative estimate of drug-likeness (QED) is 0.408. The van der Waals surface area contributed by atoms with Gasteiger partial charge in [-0.25, -0.2) is 0 Å². The van der Waals surface area contributed by atoms with Gasteiger partial charge in [-0.15, -0.1) is 0 Å². The summed E-state index contributed by atoms with van der Waals surface area (Å²) in [6.45, 7) is 3.48. The fourth-order valence-electron chi connectivity index (χ4n) is 1.99. The predicted octanol–water partition coefficient (Wildman–Crippen LogP) is 2.98. The molecule has 0 aliphatic heterocycles. The van der Waals surface area contributed by atoms with E-state index in [9.17, 15) is 10.1 Å². The SMILES string of the molecule is CCCOc1cc(N(C)CCCCCO)ccc1[N+](=O)[O-]. The van der Waals surface area contributed by atoms with E-state index in [2.05, 4.69) is 0 Å². The van der Waals surface area contributed by atoms with Gasteiger partial charge in [0.25, 0.3) is 0 Å². The van der Waals surface area contributed by atoms with E-state index in [1.807, 2.05) is 18.9 Å². The topological polar surface area (TPSA) is 75.8 Å². The van der Waals surface area contributed by atoms with E-state index in [0.29, 0.717) is 12.4 Å². The molecule has 21 heavy (non-hydrogen) atoms. The van der Waals surface area contributed by atoms with Gasteiger partial charge in [0.1, 0.15) is 0 Å². The molecule has 0 spiro atoms. The van der Waals surface area contributed by atoms with Crippen LogP contribution in [0.4, 0.5) is 11.4 Å². The molecule has 0 saturated heterocycles. The normalized spacial score (nSPS) is 10.4. The van der Waals surface area contributed by atoms with Gasteiger partial charge in [0, 0.05) is 38.0 Å². The van der Waals surface area contributed by atoms with Gasteiger partial charge in [0.2, 0.25) is 0 Å². The summed E-state index contributed by atoms with van der Waals surface area (Å²) in [5, 5.41) is 19.8. The highest BCUT2D eigenvalue weighted by molar-refractivity contribution is 5.59. The fraction of sp³-hybridized carbons (Fsp3) is 0.600. The van der Waals surface area contributed by atoms with Crippen LogP contribution in [0, 0.1) is 10.1 Å². The van der Waals surface area contributed by atoms with Crippen LogP contribution in [0.25, 0.3) is 0 Å². The number of unbranched alkanes of at least 4 members (excludes halogenated alkanes) is 2. The van der Waals surface area contributed by atoms with E-state index in [1.165, 1.54) is 6.07 Å². The van der Waals surface area contributed by atoms with Crippen molar-refractivity contribution in [2.45, 2.75) is 32.6 Å². The molecular weight excluding hydrogens is 272 g/mol. The summed E-state index contributed by atoms with van der Waals surface area (Å²) in [5.41, 5.74) is 0.900. The molecule has 1 aromatic rings. The first kappa shape index (κ1) is 17.2. The Kier molecular flexibility index (Phi) is 7.53. The number of nitro benzene ring substituents is 1. The van der Waals surface area contributed by atoms with Gasteiger partial charge in [-0.3, -0.25) is 10.1 Å². The van der Waals surface area contributed by atoms with Gasteiger partial charge in [0.15, 0.2) is 5.75 Å². The average Bonchev–Trinajstić information content (AvgIpc) is 2.48. The third-order valence-corrected chi connectivity index (χ3v) is 3.19. The summed E-state index contributed by atoms with van der Waals surface area (Å²) in [6.07, 6.45) is 3.55. The predicted molar refractivity (Wildman–Crippen MR) is 83.1 cm³/mol. The van der Waals surface area contributed by atoms with Crippen molar-refractivity contribution in [3.63, 3.8) is 0 Å². The number of rotatable bonds is 10. The Balaban J connectivity index is 2.75. The molecule has 0 heterocycles. The molecule has 118 valence electrons. The molecule has 1 N–H and O–H groups in total. The maximum atomic E-state index is 11.0. The Morgan fingerprint density at radius 2 is 2.10 bits per heavy atom. The molecule has 0 unspecified atom stereocenters. The maximum Gasteiger partial charge on any atom is 0.311 e. The van der Waals surface area contributed by atoms with Crippen LogP contribution < -0.4 is 9.64 Å². The smallest absolute Gasteiger partial charge is 0.311 e. The van der Waals surface area contributed by atoms with Crippen LogP contribution in [-0.2, 0) is 0 Å². The summed E-state index contributed by atoms with van der Waals surface area (Å²) < 4.78 is 5.48. The van der Waals surface area contributed by atoms with E-state index in [4.69, 9.17) is 9.84 Å². The average molecular weight is 296 g/mol. The Hall–Kier alpha value is -1.82. The van der Waals surface area contributed by atoms with Crippen molar-refractivity contribution in [1.82, 2.24) is 0 Å². The highest BCUT2D eigenvalue weighted by Crippen LogP contribution is 2.31.